The summed E-state index contributed by atoms with van der Waals surface area (Å²) in [6, 6.07) is 13.4. The van der Waals surface area contributed by atoms with Crippen molar-refractivity contribution < 1.29 is 19.1 Å². The monoisotopic (exact) mass is 392 g/mol. The predicted molar refractivity (Wildman–Crippen MR) is 111 cm³/mol. The molecule has 150 valence electrons. The van der Waals surface area contributed by atoms with Crippen molar-refractivity contribution in [2.45, 2.75) is 19.8 Å². The van der Waals surface area contributed by atoms with Crippen LogP contribution in [0, 0.1) is 12.8 Å². The van der Waals surface area contributed by atoms with Gasteiger partial charge in [0.1, 0.15) is 0 Å². The SMILES string of the molecule is Cc1ccc(C=CC(=O)N2CCC(C(=O)Nc3ccc4c(c3)OCO4)CC2)cc1. The Labute approximate surface area is 170 Å². The third-order valence-electron chi connectivity index (χ3n) is 5.31. The van der Waals surface area contributed by atoms with Crippen molar-refractivity contribution in [3.63, 3.8) is 0 Å². The molecule has 0 aromatic heterocycles. The quantitative estimate of drug-likeness (QED) is 0.807. The molecule has 29 heavy (non-hydrogen) atoms. The molecule has 2 amide bonds. The van der Waals surface area contributed by atoms with Gasteiger partial charge in [-0.1, -0.05) is 29.8 Å². The summed E-state index contributed by atoms with van der Waals surface area (Å²) < 4.78 is 10.6. The largest absolute Gasteiger partial charge is 0.454 e. The van der Waals surface area contributed by atoms with Gasteiger partial charge in [-0.15, -0.1) is 0 Å². The fourth-order valence-electron chi connectivity index (χ4n) is 3.53. The summed E-state index contributed by atoms with van der Waals surface area (Å²) >= 11 is 0. The van der Waals surface area contributed by atoms with Crippen LogP contribution in [0.2, 0.25) is 0 Å². The number of hydrogen-bond donors (Lipinski definition) is 1. The van der Waals surface area contributed by atoms with Crippen molar-refractivity contribution in [3.8, 4) is 11.5 Å². The second-order valence-electron chi connectivity index (χ2n) is 7.40. The van der Waals surface area contributed by atoms with Gasteiger partial charge in [-0.25, -0.2) is 0 Å². The lowest BCUT2D eigenvalue weighted by Gasteiger charge is -2.30. The second kappa shape index (κ2) is 8.39. The summed E-state index contributed by atoms with van der Waals surface area (Å²) in [4.78, 5) is 26.8. The minimum Gasteiger partial charge on any atom is -0.454 e. The Morgan fingerprint density at radius 2 is 1.76 bits per heavy atom. The molecule has 2 aliphatic heterocycles. The zero-order valence-corrected chi connectivity index (χ0v) is 16.4. The molecule has 0 saturated carbocycles. The first-order chi connectivity index (χ1) is 14.1. The molecule has 0 unspecified atom stereocenters. The van der Waals surface area contributed by atoms with E-state index in [2.05, 4.69) is 5.32 Å². The first-order valence-electron chi connectivity index (χ1n) is 9.83. The van der Waals surface area contributed by atoms with Crippen molar-refractivity contribution in [2.24, 2.45) is 5.92 Å². The van der Waals surface area contributed by atoms with E-state index >= 15 is 0 Å². The van der Waals surface area contributed by atoms with Gasteiger partial charge in [0, 0.05) is 36.8 Å². The van der Waals surface area contributed by atoms with Crippen LogP contribution in [0.1, 0.15) is 24.0 Å². The topological polar surface area (TPSA) is 67.9 Å². The maximum Gasteiger partial charge on any atom is 0.246 e. The number of nitrogens with zero attached hydrogens (tertiary/aromatic N) is 1. The standard InChI is InChI=1S/C23H24N2O4/c1-16-2-4-17(5-3-16)6-9-22(26)25-12-10-18(11-13-25)23(27)24-19-7-8-20-21(14-19)29-15-28-20/h2-9,14,18H,10-13,15H2,1H3,(H,24,27). The number of amides is 2. The molecule has 0 atom stereocenters. The Hall–Kier alpha value is -3.28. The van der Waals surface area contributed by atoms with Crippen molar-refractivity contribution in [1.82, 2.24) is 4.90 Å². The zero-order valence-electron chi connectivity index (χ0n) is 16.4. The van der Waals surface area contributed by atoms with Gasteiger partial charge >= 0.3 is 0 Å². The Morgan fingerprint density at radius 3 is 2.52 bits per heavy atom. The second-order valence-corrected chi connectivity index (χ2v) is 7.40. The number of likely N-dealkylation sites (tertiary alicyclic amines) is 1. The normalized spacial score (nSPS) is 16.2. The molecule has 2 heterocycles. The van der Waals surface area contributed by atoms with Crippen LogP contribution in [0.15, 0.2) is 48.5 Å². The van der Waals surface area contributed by atoms with Gasteiger partial charge in [-0.2, -0.15) is 0 Å². The smallest absolute Gasteiger partial charge is 0.246 e. The lowest BCUT2D eigenvalue weighted by molar-refractivity contribution is -0.130. The Kier molecular flexibility index (Phi) is 5.51. The molecule has 6 nitrogen and oxygen atoms in total. The fraction of sp³-hybridized carbons (Fsp3) is 0.304. The van der Waals surface area contributed by atoms with Crippen LogP contribution in [0.3, 0.4) is 0 Å². The van der Waals surface area contributed by atoms with E-state index in [4.69, 9.17) is 9.47 Å². The highest BCUT2D eigenvalue weighted by molar-refractivity contribution is 5.94. The Balaban J connectivity index is 1.27. The predicted octanol–water partition coefficient (Wildman–Crippen LogP) is 3.61. The van der Waals surface area contributed by atoms with Gasteiger partial charge in [0.2, 0.25) is 18.6 Å². The van der Waals surface area contributed by atoms with Crippen molar-refractivity contribution in [2.75, 3.05) is 25.2 Å². The van der Waals surface area contributed by atoms with Crippen LogP contribution in [-0.4, -0.2) is 36.6 Å². The maximum atomic E-state index is 12.6. The number of carbonyl (C=O) groups excluding carboxylic acids is 2. The molecule has 2 aromatic rings. The Morgan fingerprint density at radius 1 is 1.03 bits per heavy atom. The van der Waals surface area contributed by atoms with Gasteiger partial charge in [0.25, 0.3) is 0 Å². The number of piperidine rings is 1. The average molecular weight is 392 g/mol. The van der Waals surface area contributed by atoms with Gasteiger partial charge < -0.3 is 19.7 Å². The summed E-state index contributed by atoms with van der Waals surface area (Å²) in [6.45, 7) is 3.40. The minimum absolute atomic E-state index is 0.0137. The van der Waals surface area contributed by atoms with Crippen LogP contribution < -0.4 is 14.8 Å². The number of aryl methyl sites for hydroxylation is 1. The maximum absolute atomic E-state index is 12.6. The van der Waals surface area contributed by atoms with Crippen molar-refractivity contribution >= 4 is 23.6 Å². The fourth-order valence-corrected chi connectivity index (χ4v) is 3.53. The summed E-state index contributed by atoms with van der Waals surface area (Å²) in [5.41, 5.74) is 2.88. The summed E-state index contributed by atoms with van der Waals surface area (Å²) in [6.07, 6.45) is 4.75. The first kappa shape index (κ1) is 19.1. The highest BCUT2D eigenvalue weighted by Gasteiger charge is 2.27. The van der Waals surface area contributed by atoms with E-state index in [1.807, 2.05) is 37.3 Å². The molecule has 1 fully saturated rings. The number of benzene rings is 2. The Bertz CT molecular complexity index is 928. The molecule has 6 heteroatoms. The van der Waals surface area contributed by atoms with E-state index < -0.39 is 0 Å². The van der Waals surface area contributed by atoms with Gasteiger partial charge in [0.15, 0.2) is 11.5 Å². The molecule has 1 saturated heterocycles. The average Bonchev–Trinajstić information content (AvgIpc) is 3.21. The molecule has 0 spiro atoms. The van der Waals surface area contributed by atoms with Crippen LogP contribution in [0.4, 0.5) is 5.69 Å². The third-order valence-corrected chi connectivity index (χ3v) is 5.31. The number of rotatable bonds is 4. The molecule has 2 aliphatic rings. The minimum atomic E-state index is -0.106. The summed E-state index contributed by atoms with van der Waals surface area (Å²) in [5.74, 6) is 1.19. The van der Waals surface area contributed by atoms with Gasteiger partial charge in [-0.3, -0.25) is 9.59 Å². The lowest BCUT2D eigenvalue weighted by atomic mass is 9.95. The van der Waals surface area contributed by atoms with Crippen LogP contribution >= 0.6 is 0 Å². The van der Waals surface area contributed by atoms with Gasteiger partial charge in [0.05, 0.1) is 0 Å². The van der Waals surface area contributed by atoms with Crippen LogP contribution in [0.5, 0.6) is 11.5 Å². The molecule has 0 aliphatic carbocycles. The van der Waals surface area contributed by atoms with Crippen molar-refractivity contribution in [3.05, 3.63) is 59.7 Å². The molecular weight excluding hydrogens is 368 g/mol. The lowest BCUT2D eigenvalue weighted by Crippen LogP contribution is -2.40. The van der Waals surface area contributed by atoms with Crippen LogP contribution in [0.25, 0.3) is 6.08 Å². The molecule has 0 radical (unpaired) electrons. The van der Waals surface area contributed by atoms with Crippen molar-refractivity contribution in [1.29, 1.82) is 0 Å². The highest BCUT2D eigenvalue weighted by atomic mass is 16.7. The molecule has 4 rings (SSSR count). The summed E-state index contributed by atoms with van der Waals surface area (Å²) in [5, 5.41) is 2.94. The van der Waals surface area contributed by atoms with E-state index in [-0.39, 0.29) is 24.5 Å². The number of nitrogens with one attached hydrogen (secondary N) is 1. The van der Waals surface area contributed by atoms with E-state index in [9.17, 15) is 9.59 Å². The molecule has 2 aromatic carbocycles. The highest BCUT2D eigenvalue weighted by Crippen LogP contribution is 2.34. The van der Waals surface area contributed by atoms with E-state index in [0.717, 1.165) is 5.56 Å². The number of carbonyl (C=O) groups is 2. The molecule has 0 bridgehead atoms. The van der Waals surface area contributed by atoms with Gasteiger partial charge in [-0.05, 0) is 43.5 Å². The van der Waals surface area contributed by atoms with E-state index in [1.54, 1.807) is 29.2 Å². The summed E-state index contributed by atoms with van der Waals surface area (Å²) in [7, 11) is 0. The number of anilines is 1. The third kappa shape index (κ3) is 4.59. The van der Waals surface area contributed by atoms with E-state index in [0.29, 0.717) is 43.1 Å². The molecular formula is C23H24N2O4. The first-order valence-corrected chi connectivity index (χ1v) is 9.83. The number of hydrogen-bond acceptors (Lipinski definition) is 4. The molecule has 1 N–H and O–H groups in total. The van der Waals surface area contributed by atoms with E-state index in [1.165, 1.54) is 5.56 Å². The number of ether oxygens (including phenoxy) is 2. The number of fused-ring (bicyclic) bond motifs is 1. The zero-order chi connectivity index (χ0) is 20.2. The van der Waals surface area contributed by atoms with Crippen LogP contribution in [-0.2, 0) is 9.59 Å².